The van der Waals surface area contributed by atoms with E-state index >= 15 is 0 Å². The fourth-order valence-corrected chi connectivity index (χ4v) is 7.41. The van der Waals surface area contributed by atoms with Gasteiger partial charge in [-0.2, -0.15) is 0 Å². The molecule has 1 nitrogen and oxygen atoms in total. The smallest absolute Gasteiger partial charge is 0.0274 e. The molecule has 6 atom stereocenters. The molecule has 0 heterocycles. The van der Waals surface area contributed by atoms with Crippen LogP contribution in [-0.4, -0.2) is 12.6 Å². The Morgan fingerprint density at radius 3 is 2.16 bits per heavy atom. The highest BCUT2D eigenvalue weighted by Gasteiger charge is 2.53. The van der Waals surface area contributed by atoms with E-state index in [-0.39, 0.29) is 11.0 Å². The fourth-order valence-electron chi connectivity index (χ4n) is 7.41. The summed E-state index contributed by atoms with van der Waals surface area (Å²) in [5, 5.41) is 3.94. The molecular formula is C30H59N. The van der Waals surface area contributed by atoms with Crippen LogP contribution in [0.2, 0.25) is 0 Å². The molecule has 0 radical (unpaired) electrons. The summed E-state index contributed by atoms with van der Waals surface area (Å²) < 4.78 is 0. The van der Waals surface area contributed by atoms with Crippen molar-refractivity contribution < 1.29 is 0 Å². The second-order valence-electron chi connectivity index (χ2n) is 11.8. The average Bonchev–Trinajstić information content (AvgIpc) is 2.76. The van der Waals surface area contributed by atoms with Gasteiger partial charge in [0.25, 0.3) is 0 Å². The molecule has 1 aliphatic carbocycles. The van der Waals surface area contributed by atoms with Crippen LogP contribution in [0.25, 0.3) is 0 Å². The van der Waals surface area contributed by atoms with Gasteiger partial charge in [0.2, 0.25) is 0 Å². The zero-order valence-electron chi connectivity index (χ0n) is 23.1. The monoisotopic (exact) mass is 433 g/mol. The highest BCUT2D eigenvalue weighted by atomic mass is 15.0. The summed E-state index contributed by atoms with van der Waals surface area (Å²) >= 11 is 0. The summed E-state index contributed by atoms with van der Waals surface area (Å²) in [5.41, 5.74) is 2.34. The summed E-state index contributed by atoms with van der Waals surface area (Å²) in [6, 6.07) is 0. The van der Waals surface area contributed by atoms with Crippen molar-refractivity contribution in [2.75, 3.05) is 7.05 Å². The third kappa shape index (κ3) is 6.61. The molecule has 0 aliphatic heterocycles. The van der Waals surface area contributed by atoms with Gasteiger partial charge in [-0.05, 0) is 80.6 Å². The normalized spacial score (nSPS) is 35.4. The molecule has 0 saturated heterocycles. The lowest BCUT2D eigenvalue weighted by Crippen LogP contribution is -2.61. The first-order valence-corrected chi connectivity index (χ1v) is 14.0. The molecule has 0 aromatic heterocycles. The first-order valence-electron chi connectivity index (χ1n) is 14.0. The minimum absolute atomic E-state index is 0.166. The van der Waals surface area contributed by atoms with Gasteiger partial charge < -0.3 is 5.32 Å². The molecule has 0 aromatic rings. The van der Waals surface area contributed by atoms with E-state index in [1.807, 2.05) is 0 Å². The molecule has 6 unspecified atom stereocenters. The molecule has 184 valence electrons. The van der Waals surface area contributed by atoms with Gasteiger partial charge in [-0.15, -0.1) is 0 Å². The summed E-state index contributed by atoms with van der Waals surface area (Å²) in [7, 11) is 2.24. The topological polar surface area (TPSA) is 12.0 Å². The molecule has 1 fully saturated rings. The van der Waals surface area contributed by atoms with Gasteiger partial charge in [-0.25, -0.2) is 0 Å². The van der Waals surface area contributed by atoms with Gasteiger partial charge in [0.1, 0.15) is 0 Å². The van der Waals surface area contributed by atoms with Crippen LogP contribution >= 0.6 is 0 Å². The maximum Gasteiger partial charge on any atom is 0.0274 e. The maximum absolute atomic E-state index is 4.47. The molecule has 1 N–H and O–H groups in total. The highest BCUT2D eigenvalue weighted by Crippen LogP contribution is 2.57. The molecule has 1 heteroatoms. The minimum Gasteiger partial charge on any atom is -0.313 e. The van der Waals surface area contributed by atoms with Crippen molar-refractivity contribution in [2.24, 2.45) is 28.6 Å². The molecule has 1 rings (SSSR count). The van der Waals surface area contributed by atoms with Gasteiger partial charge >= 0.3 is 0 Å². The van der Waals surface area contributed by atoms with Crippen molar-refractivity contribution in [3.63, 3.8) is 0 Å². The summed E-state index contributed by atoms with van der Waals surface area (Å²) in [5.74, 6) is 2.38. The second kappa shape index (κ2) is 12.8. The molecule has 1 aliphatic rings. The molecular weight excluding hydrogens is 374 g/mol. The third-order valence-electron chi connectivity index (χ3n) is 10.1. The summed E-state index contributed by atoms with van der Waals surface area (Å²) in [4.78, 5) is 0. The number of rotatable bonds is 13. The maximum atomic E-state index is 4.47. The van der Waals surface area contributed by atoms with Crippen molar-refractivity contribution in [2.45, 2.75) is 144 Å². The van der Waals surface area contributed by atoms with Crippen LogP contribution in [-0.2, 0) is 0 Å². The van der Waals surface area contributed by atoms with E-state index in [0.717, 1.165) is 24.7 Å². The largest absolute Gasteiger partial charge is 0.313 e. The Kier molecular flexibility index (Phi) is 11.9. The zero-order chi connectivity index (χ0) is 23.7. The van der Waals surface area contributed by atoms with Crippen molar-refractivity contribution >= 4 is 0 Å². The Morgan fingerprint density at radius 1 is 1.00 bits per heavy atom. The van der Waals surface area contributed by atoms with Gasteiger partial charge in [0.05, 0.1) is 0 Å². The van der Waals surface area contributed by atoms with Gasteiger partial charge in [0, 0.05) is 5.54 Å². The van der Waals surface area contributed by atoms with E-state index < -0.39 is 0 Å². The molecule has 0 bridgehead atoms. The SMILES string of the molecule is C=C(CC)CC1(NC)CC(CC)CC(C)(C(CC)CCCCCC)CC(C)C1(C)CC. The Bertz CT molecular complexity index is 525. The van der Waals surface area contributed by atoms with E-state index in [1.54, 1.807) is 0 Å². The predicted octanol–water partition coefficient (Wildman–Crippen LogP) is 9.57. The van der Waals surface area contributed by atoms with Gasteiger partial charge in [-0.3, -0.25) is 0 Å². The number of unbranched alkanes of at least 4 members (excludes halogenated alkanes) is 3. The van der Waals surface area contributed by atoms with Crippen LogP contribution in [0.5, 0.6) is 0 Å². The average molecular weight is 434 g/mol. The minimum atomic E-state index is 0.166. The van der Waals surface area contributed by atoms with Crippen LogP contribution < -0.4 is 5.32 Å². The summed E-state index contributed by atoms with van der Waals surface area (Å²) in [6.45, 7) is 24.3. The molecule has 31 heavy (non-hydrogen) atoms. The van der Waals surface area contributed by atoms with Crippen LogP contribution in [0.15, 0.2) is 12.2 Å². The van der Waals surface area contributed by atoms with Gasteiger partial charge in [0.15, 0.2) is 0 Å². The van der Waals surface area contributed by atoms with E-state index in [1.165, 1.54) is 76.2 Å². The van der Waals surface area contributed by atoms with E-state index in [9.17, 15) is 0 Å². The lowest BCUT2D eigenvalue weighted by Gasteiger charge is -2.58. The van der Waals surface area contributed by atoms with Crippen molar-refractivity contribution in [3.8, 4) is 0 Å². The second-order valence-corrected chi connectivity index (χ2v) is 11.8. The Hall–Kier alpha value is -0.300. The quantitative estimate of drug-likeness (QED) is 0.225. The van der Waals surface area contributed by atoms with Crippen LogP contribution in [0.3, 0.4) is 0 Å². The van der Waals surface area contributed by atoms with Crippen molar-refractivity contribution in [1.29, 1.82) is 0 Å². The standard InChI is InChI=1S/C30H59N/c1-11-16-17-18-19-27(14-4)28(8)21-25(7)29(9,15-5)30(31-10,20-24(6)12-2)23-26(13-3)22-28/h25-27,31H,6,11-23H2,1-5,7-10H3. The first kappa shape index (κ1) is 28.7. The summed E-state index contributed by atoms with van der Waals surface area (Å²) in [6.07, 6.45) is 17.2. The molecule has 0 spiro atoms. The van der Waals surface area contributed by atoms with E-state index in [2.05, 4.69) is 74.3 Å². The zero-order valence-corrected chi connectivity index (χ0v) is 23.1. The molecule has 0 amide bonds. The van der Waals surface area contributed by atoms with Crippen LogP contribution in [0, 0.1) is 28.6 Å². The first-order chi connectivity index (χ1) is 14.6. The Morgan fingerprint density at radius 2 is 1.68 bits per heavy atom. The lowest BCUT2D eigenvalue weighted by molar-refractivity contribution is -0.0468. The Labute approximate surface area is 197 Å². The number of nitrogens with one attached hydrogen (secondary N) is 1. The predicted molar refractivity (Wildman–Crippen MR) is 142 cm³/mol. The third-order valence-corrected chi connectivity index (χ3v) is 10.1. The van der Waals surface area contributed by atoms with Crippen LogP contribution in [0.1, 0.15) is 139 Å². The fraction of sp³-hybridized carbons (Fsp3) is 0.933. The van der Waals surface area contributed by atoms with Crippen molar-refractivity contribution in [3.05, 3.63) is 12.2 Å². The highest BCUT2D eigenvalue weighted by molar-refractivity contribution is 5.14. The van der Waals surface area contributed by atoms with E-state index in [0.29, 0.717) is 11.3 Å². The molecule has 1 saturated carbocycles. The number of hydrogen-bond acceptors (Lipinski definition) is 1. The van der Waals surface area contributed by atoms with Crippen LogP contribution in [0.4, 0.5) is 0 Å². The van der Waals surface area contributed by atoms with Crippen molar-refractivity contribution in [1.82, 2.24) is 5.32 Å². The van der Waals surface area contributed by atoms with E-state index in [4.69, 9.17) is 0 Å². The van der Waals surface area contributed by atoms with Gasteiger partial charge in [-0.1, -0.05) is 106 Å². The Balaban J connectivity index is 3.32. The molecule has 0 aromatic carbocycles. The number of hydrogen-bond donors (Lipinski definition) is 1. The lowest BCUT2D eigenvalue weighted by atomic mass is 9.50.